The van der Waals surface area contributed by atoms with Crippen molar-refractivity contribution in [1.82, 2.24) is 0 Å². The number of rotatable bonds is 2. The number of ether oxygens (including phenoxy) is 1. The number of nitriles is 1. The van der Waals surface area contributed by atoms with Gasteiger partial charge in [0.05, 0.1) is 11.6 Å². The molecule has 1 aliphatic rings. The fourth-order valence-corrected chi connectivity index (χ4v) is 2.51. The first kappa shape index (κ1) is 12.4. The summed E-state index contributed by atoms with van der Waals surface area (Å²) in [5.41, 5.74) is 1.71. The Morgan fingerprint density at radius 2 is 2.06 bits per heavy atom. The molecule has 0 saturated carbocycles. The summed E-state index contributed by atoms with van der Waals surface area (Å²) in [4.78, 5) is 0. The Labute approximate surface area is 110 Å². The van der Waals surface area contributed by atoms with Gasteiger partial charge in [-0.2, -0.15) is 5.26 Å². The van der Waals surface area contributed by atoms with E-state index in [0.717, 1.165) is 36.2 Å². The molecule has 0 amide bonds. The molecule has 0 radical (unpaired) electrons. The molecule has 17 heavy (non-hydrogen) atoms. The minimum Gasteiger partial charge on any atom is -0.381 e. The van der Waals surface area contributed by atoms with Crippen LogP contribution in [0.25, 0.3) is 0 Å². The molecule has 0 unspecified atom stereocenters. The van der Waals surface area contributed by atoms with Crippen LogP contribution in [0.1, 0.15) is 25.3 Å². The molecule has 0 spiro atoms. The predicted molar refractivity (Wildman–Crippen MR) is 70.9 cm³/mol. The lowest BCUT2D eigenvalue weighted by Crippen LogP contribution is -2.40. The van der Waals surface area contributed by atoms with E-state index in [-0.39, 0.29) is 5.54 Å². The third kappa shape index (κ3) is 3.21. The van der Waals surface area contributed by atoms with Crippen LogP contribution in [0.5, 0.6) is 0 Å². The summed E-state index contributed by atoms with van der Waals surface area (Å²) >= 11 is 3.42. The maximum absolute atomic E-state index is 8.94. The van der Waals surface area contributed by atoms with Crippen LogP contribution in [-0.2, 0) is 4.74 Å². The SMILES string of the molecule is CC1(Nc2cc(Br)cc(C#N)c2)CCOCC1. The Balaban J connectivity index is 2.17. The van der Waals surface area contributed by atoms with Crippen LogP contribution in [0, 0.1) is 11.3 Å². The zero-order chi connectivity index (χ0) is 12.3. The minimum atomic E-state index is 0.0613. The summed E-state index contributed by atoms with van der Waals surface area (Å²) in [5.74, 6) is 0. The average Bonchev–Trinajstić information content (AvgIpc) is 2.28. The average molecular weight is 295 g/mol. The molecule has 0 aliphatic carbocycles. The molecule has 1 heterocycles. The van der Waals surface area contributed by atoms with E-state index >= 15 is 0 Å². The van der Waals surface area contributed by atoms with Gasteiger partial charge >= 0.3 is 0 Å². The van der Waals surface area contributed by atoms with Gasteiger partial charge < -0.3 is 10.1 Å². The molecule has 1 fully saturated rings. The van der Waals surface area contributed by atoms with E-state index in [1.54, 1.807) is 0 Å². The second-order valence-electron chi connectivity index (χ2n) is 4.64. The van der Waals surface area contributed by atoms with Gasteiger partial charge in [0.15, 0.2) is 0 Å². The van der Waals surface area contributed by atoms with Crippen LogP contribution in [-0.4, -0.2) is 18.8 Å². The van der Waals surface area contributed by atoms with Crippen molar-refractivity contribution in [2.75, 3.05) is 18.5 Å². The molecule has 1 N–H and O–H groups in total. The zero-order valence-electron chi connectivity index (χ0n) is 9.79. The summed E-state index contributed by atoms with van der Waals surface area (Å²) in [5, 5.41) is 12.4. The highest BCUT2D eigenvalue weighted by atomic mass is 79.9. The van der Waals surface area contributed by atoms with Gasteiger partial charge in [-0.3, -0.25) is 0 Å². The number of benzene rings is 1. The van der Waals surface area contributed by atoms with Crippen molar-refractivity contribution >= 4 is 21.6 Å². The fourth-order valence-electron chi connectivity index (χ4n) is 2.02. The quantitative estimate of drug-likeness (QED) is 0.910. The van der Waals surface area contributed by atoms with Gasteiger partial charge in [-0.15, -0.1) is 0 Å². The molecule has 1 aliphatic heterocycles. The van der Waals surface area contributed by atoms with Crippen LogP contribution in [0.4, 0.5) is 5.69 Å². The Morgan fingerprint density at radius 1 is 1.35 bits per heavy atom. The van der Waals surface area contributed by atoms with E-state index in [2.05, 4.69) is 34.2 Å². The first-order valence-electron chi connectivity index (χ1n) is 5.68. The standard InChI is InChI=1S/C13H15BrN2O/c1-13(2-4-17-5-3-13)16-12-7-10(9-15)6-11(14)8-12/h6-8,16H,2-5H2,1H3. The van der Waals surface area contributed by atoms with Crippen molar-refractivity contribution < 1.29 is 4.74 Å². The molecular weight excluding hydrogens is 280 g/mol. The second-order valence-corrected chi connectivity index (χ2v) is 5.55. The van der Waals surface area contributed by atoms with E-state index in [1.165, 1.54) is 0 Å². The van der Waals surface area contributed by atoms with E-state index in [9.17, 15) is 0 Å². The van der Waals surface area contributed by atoms with E-state index in [1.807, 2.05) is 18.2 Å². The summed E-state index contributed by atoms with van der Waals surface area (Å²) in [6, 6.07) is 7.86. The van der Waals surface area contributed by atoms with E-state index in [4.69, 9.17) is 10.00 Å². The summed E-state index contributed by atoms with van der Waals surface area (Å²) in [6.07, 6.45) is 1.98. The number of hydrogen-bond acceptors (Lipinski definition) is 3. The third-order valence-electron chi connectivity index (χ3n) is 3.07. The number of nitrogens with one attached hydrogen (secondary N) is 1. The fraction of sp³-hybridized carbons (Fsp3) is 0.462. The van der Waals surface area contributed by atoms with E-state index in [0.29, 0.717) is 5.56 Å². The lowest BCUT2D eigenvalue weighted by atomic mass is 9.92. The molecule has 0 bridgehead atoms. The van der Waals surface area contributed by atoms with Crippen LogP contribution >= 0.6 is 15.9 Å². The minimum absolute atomic E-state index is 0.0613. The molecule has 2 rings (SSSR count). The normalized spacial score (nSPS) is 18.4. The zero-order valence-corrected chi connectivity index (χ0v) is 11.4. The molecule has 1 aromatic rings. The van der Waals surface area contributed by atoms with Gasteiger partial charge in [-0.25, -0.2) is 0 Å². The van der Waals surface area contributed by atoms with Crippen molar-refractivity contribution in [1.29, 1.82) is 5.26 Å². The molecular formula is C13H15BrN2O. The van der Waals surface area contributed by atoms with Crippen molar-refractivity contribution in [3.05, 3.63) is 28.2 Å². The largest absolute Gasteiger partial charge is 0.381 e. The maximum atomic E-state index is 8.94. The first-order valence-corrected chi connectivity index (χ1v) is 6.47. The van der Waals surface area contributed by atoms with Crippen LogP contribution in [0.3, 0.4) is 0 Å². The lowest BCUT2D eigenvalue weighted by Gasteiger charge is -2.35. The molecule has 4 heteroatoms. The third-order valence-corrected chi connectivity index (χ3v) is 3.53. The highest BCUT2D eigenvalue weighted by Gasteiger charge is 2.27. The summed E-state index contributed by atoms with van der Waals surface area (Å²) in [6.45, 7) is 3.79. The molecule has 1 saturated heterocycles. The number of halogens is 1. The Bertz CT molecular complexity index is 447. The van der Waals surface area contributed by atoms with Crippen molar-refractivity contribution in [3.63, 3.8) is 0 Å². The molecule has 1 aromatic carbocycles. The van der Waals surface area contributed by atoms with Gasteiger partial charge in [0.1, 0.15) is 0 Å². The van der Waals surface area contributed by atoms with E-state index < -0.39 is 0 Å². The molecule has 0 aromatic heterocycles. The molecule has 3 nitrogen and oxygen atoms in total. The van der Waals surface area contributed by atoms with Crippen molar-refractivity contribution in [3.8, 4) is 6.07 Å². The lowest BCUT2D eigenvalue weighted by molar-refractivity contribution is 0.0658. The van der Waals surface area contributed by atoms with Crippen LogP contribution in [0.2, 0.25) is 0 Å². The number of anilines is 1. The highest BCUT2D eigenvalue weighted by molar-refractivity contribution is 9.10. The monoisotopic (exact) mass is 294 g/mol. The van der Waals surface area contributed by atoms with Gasteiger partial charge in [0, 0.05) is 28.9 Å². The van der Waals surface area contributed by atoms with Gasteiger partial charge in [-0.1, -0.05) is 15.9 Å². The van der Waals surface area contributed by atoms with Gasteiger partial charge in [0.2, 0.25) is 0 Å². The Kier molecular flexibility index (Phi) is 3.70. The van der Waals surface area contributed by atoms with Crippen molar-refractivity contribution in [2.24, 2.45) is 0 Å². The predicted octanol–water partition coefficient (Wildman–Crippen LogP) is 3.30. The maximum Gasteiger partial charge on any atom is 0.0992 e. The second kappa shape index (κ2) is 5.07. The number of hydrogen-bond donors (Lipinski definition) is 1. The summed E-state index contributed by atoms with van der Waals surface area (Å²) < 4.78 is 6.30. The van der Waals surface area contributed by atoms with Crippen molar-refractivity contribution in [2.45, 2.75) is 25.3 Å². The molecule has 90 valence electrons. The topological polar surface area (TPSA) is 45.0 Å². The highest BCUT2D eigenvalue weighted by Crippen LogP contribution is 2.27. The Morgan fingerprint density at radius 3 is 2.71 bits per heavy atom. The van der Waals surface area contributed by atoms with Crippen LogP contribution in [0.15, 0.2) is 22.7 Å². The summed E-state index contributed by atoms with van der Waals surface area (Å²) in [7, 11) is 0. The van der Waals surface area contributed by atoms with Crippen LogP contribution < -0.4 is 5.32 Å². The van der Waals surface area contributed by atoms with Gasteiger partial charge in [0.25, 0.3) is 0 Å². The first-order chi connectivity index (χ1) is 8.11. The molecule has 0 atom stereocenters. The Hall–Kier alpha value is -1.05. The van der Waals surface area contributed by atoms with Gasteiger partial charge in [-0.05, 0) is 38.0 Å². The number of nitrogens with zero attached hydrogens (tertiary/aromatic N) is 1. The smallest absolute Gasteiger partial charge is 0.0992 e.